The molecule has 0 amide bonds. The highest BCUT2D eigenvalue weighted by Crippen LogP contribution is 2.23. The van der Waals surface area contributed by atoms with Crippen LogP contribution in [0.25, 0.3) is 0 Å². The molecule has 0 aliphatic carbocycles. The van der Waals surface area contributed by atoms with Crippen LogP contribution in [0.2, 0.25) is 0 Å². The summed E-state index contributed by atoms with van der Waals surface area (Å²) in [6.45, 7) is 4.81. The molecule has 1 aromatic heterocycles. The van der Waals surface area contributed by atoms with E-state index in [1.54, 1.807) is 0 Å². The molecule has 0 bridgehead atoms. The summed E-state index contributed by atoms with van der Waals surface area (Å²) in [7, 11) is 3.94. The molecule has 106 valence electrons. The molecule has 0 aliphatic rings. The van der Waals surface area contributed by atoms with Crippen LogP contribution in [-0.2, 0) is 13.6 Å². The van der Waals surface area contributed by atoms with Gasteiger partial charge in [-0.25, -0.2) is 0 Å². The van der Waals surface area contributed by atoms with Crippen molar-refractivity contribution in [1.29, 1.82) is 0 Å². The molecule has 0 fully saturated rings. The van der Waals surface area contributed by atoms with Gasteiger partial charge in [-0.15, -0.1) is 0 Å². The Morgan fingerprint density at radius 2 is 2.10 bits per heavy atom. The molecule has 0 saturated heterocycles. The third-order valence-electron chi connectivity index (χ3n) is 3.30. The summed E-state index contributed by atoms with van der Waals surface area (Å²) in [6, 6.07) is 8.47. The first-order valence-corrected chi connectivity index (χ1v) is 6.91. The minimum Gasteiger partial charge on any atom is -0.389 e. The van der Waals surface area contributed by atoms with Gasteiger partial charge in [-0.05, 0) is 19.4 Å². The fourth-order valence-electron chi connectivity index (χ4n) is 2.53. The zero-order chi connectivity index (χ0) is 14.9. The van der Waals surface area contributed by atoms with Crippen LogP contribution in [0, 0.1) is 13.8 Å². The van der Waals surface area contributed by atoms with Crippen molar-refractivity contribution in [3.63, 3.8) is 0 Å². The minimum absolute atomic E-state index is 0.390. The Hall–Kier alpha value is -1.88. The second kappa shape index (κ2) is 5.63. The van der Waals surface area contributed by atoms with Crippen LogP contribution >= 0.6 is 12.2 Å². The number of anilines is 1. The van der Waals surface area contributed by atoms with E-state index in [9.17, 15) is 0 Å². The van der Waals surface area contributed by atoms with Gasteiger partial charge >= 0.3 is 0 Å². The van der Waals surface area contributed by atoms with Crippen molar-refractivity contribution in [3.05, 3.63) is 46.6 Å². The molecule has 1 heterocycles. The summed E-state index contributed by atoms with van der Waals surface area (Å²) < 4.78 is 1.83. The maximum atomic E-state index is 5.84. The Balaban J connectivity index is 2.34. The van der Waals surface area contributed by atoms with E-state index in [2.05, 4.69) is 41.2 Å². The number of nitrogens with two attached hydrogens (primary N) is 1. The summed E-state index contributed by atoms with van der Waals surface area (Å²) in [4.78, 5) is 2.52. The molecule has 0 aliphatic heterocycles. The van der Waals surface area contributed by atoms with Crippen molar-refractivity contribution in [2.45, 2.75) is 20.4 Å². The quantitative estimate of drug-likeness (QED) is 0.877. The van der Waals surface area contributed by atoms with Gasteiger partial charge in [0.1, 0.15) is 10.8 Å². The number of aromatic nitrogens is 2. The summed E-state index contributed by atoms with van der Waals surface area (Å²) >= 11 is 5.15. The Morgan fingerprint density at radius 3 is 2.70 bits per heavy atom. The minimum atomic E-state index is 0.390. The highest BCUT2D eigenvalue weighted by atomic mass is 32.1. The predicted octanol–water partition coefficient (Wildman–Crippen LogP) is 2.31. The second-order valence-electron chi connectivity index (χ2n) is 5.12. The first kappa shape index (κ1) is 14.5. The number of aryl methyl sites for hydroxylation is 3. The van der Waals surface area contributed by atoms with Crippen LogP contribution in [0.15, 0.2) is 24.3 Å². The van der Waals surface area contributed by atoms with Crippen LogP contribution < -0.4 is 10.6 Å². The number of rotatable bonds is 4. The van der Waals surface area contributed by atoms with Gasteiger partial charge in [-0.1, -0.05) is 42.0 Å². The Bertz CT molecular complexity index is 645. The zero-order valence-electron chi connectivity index (χ0n) is 12.3. The highest BCUT2D eigenvalue weighted by Gasteiger charge is 2.19. The van der Waals surface area contributed by atoms with E-state index in [0.29, 0.717) is 4.99 Å². The van der Waals surface area contributed by atoms with Gasteiger partial charge in [0.2, 0.25) is 0 Å². The largest absolute Gasteiger partial charge is 0.389 e. The van der Waals surface area contributed by atoms with Crippen LogP contribution in [0.3, 0.4) is 0 Å². The van der Waals surface area contributed by atoms with Crippen molar-refractivity contribution >= 4 is 23.0 Å². The van der Waals surface area contributed by atoms with Gasteiger partial charge < -0.3 is 10.6 Å². The normalized spacial score (nSPS) is 10.6. The average Bonchev–Trinajstić information content (AvgIpc) is 2.64. The second-order valence-corrected chi connectivity index (χ2v) is 5.56. The molecule has 0 saturated carbocycles. The van der Waals surface area contributed by atoms with Crippen LogP contribution in [0.5, 0.6) is 0 Å². The molecular formula is C15H20N4S. The van der Waals surface area contributed by atoms with E-state index in [-0.39, 0.29) is 0 Å². The third-order valence-corrected chi connectivity index (χ3v) is 3.51. The standard InChI is InChI=1S/C15H20N4S/c1-10-6-5-7-12(8-10)9-18(3)15-13(14(16)20)11(2)17-19(15)4/h5-8H,9H2,1-4H3,(H2,16,20). The Labute approximate surface area is 125 Å². The maximum absolute atomic E-state index is 5.84. The number of benzene rings is 1. The van der Waals surface area contributed by atoms with Crippen molar-refractivity contribution in [3.8, 4) is 0 Å². The van der Waals surface area contributed by atoms with Crippen LogP contribution in [0.4, 0.5) is 5.82 Å². The van der Waals surface area contributed by atoms with E-state index < -0.39 is 0 Å². The third kappa shape index (κ3) is 2.82. The van der Waals surface area contributed by atoms with Crippen molar-refractivity contribution < 1.29 is 0 Å². The molecule has 2 rings (SSSR count). The number of thiocarbonyl (C=S) groups is 1. The first-order chi connectivity index (χ1) is 9.40. The molecule has 1 aromatic carbocycles. The molecular weight excluding hydrogens is 268 g/mol. The van der Waals surface area contributed by atoms with Crippen LogP contribution in [-0.4, -0.2) is 21.8 Å². The van der Waals surface area contributed by atoms with Gasteiger partial charge in [-0.3, -0.25) is 4.68 Å². The smallest absolute Gasteiger partial charge is 0.137 e. The Morgan fingerprint density at radius 1 is 1.40 bits per heavy atom. The predicted molar refractivity (Wildman–Crippen MR) is 87.1 cm³/mol. The lowest BCUT2D eigenvalue weighted by Crippen LogP contribution is -2.23. The fourth-order valence-corrected chi connectivity index (χ4v) is 2.77. The summed E-state index contributed by atoms with van der Waals surface area (Å²) in [5.41, 5.74) is 10.1. The molecule has 0 unspecified atom stereocenters. The van der Waals surface area contributed by atoms with E-state index in [0.717, 1.165) is 23.6 Å². The summed E-state index contributed by atoms with van der Waals surface area (Å²) in [5, 5.41) is 4.42. The summed E-state index contributed by atoms with van der Waals surface area (Å²) in [6.07, 6.45) is 0. The van der Waals surface area contributed by atoms with E-state index in [1.165, 1.54) is 11.1 Å². The number of hydrogen-bond acceptors (Lipinski definition) is 3. The van der Waals surface area contributed by atoms with Gasteiger partial charge in [0.15, 0.2) is 0 Å². The van der Waals surface area contributed by atoms with Crippen molar-refractivity contribution in [2.24, 2.45) is 12.8 Å². The topological polar surface area (TPSA) is 47.1 Å². The number of hydrogen-bond donors (Lipinski definition) is 1. The first-order valence-electron chi connectivity index (χ1n) is 6.50. The molecule has 0 radical (unpaired) electrons. The maximum Gasteiger partial charge on any atom is 0.137 e. The molecule has 5 heteroatoms. The average molecular weight is 288 g/mol. The lowest BCUT2D eigenvalue weighted by Gasteiger charge is -2.21. The monoisotopic (exact) mass is 288 g/mol. The molecule has 4 nitrogen and oxygen atoms in total. The lowest BCUT2D eigenvalue weighted by molar-refractivity contribution is 0.726. The van der Waals surface area contributed by atoms with Crippen molar-refractivity contribution in [1.82, 2.24) is 9.78 Å². The van der Waals surface area contributed by atoms with Crippen LogP contribution in [0.1, 0.15) is 22.4 Å². The lowest BCUT2D eigenvalue weighted by atomic mass is 10.1. The molecule has 20 heavy (non-hydrogen) atoms. The Kier molecular flexibility index (Phi) is 4.09. The van der Waals surface area contributed by atoms with Gasteiger partial charge in [0.25, 0.3) is 0 Å². The van der Waals surface area contributed by atoms with Gasteiger partial charge in [-0.2, -0.15) is 5.10 Å². The van der Waals surface area contributed by atoms with Gasteiger partial charge in [0, 0.05) is 20.6 Å². The molecule has 0 atom stereocenters. The summed E-state index contributed by atoms with van der Waals surface area (Å²) in [5.74, 6) is 0.955. The number of nitrogens with zero attached hydrogens (tertiary/aromatic N) is 3. The molecule has 2 N–H and O–H groups in total. The van der Waals surface area contributed by atoms with E-state index in [1.807, 2.05) is 25.7 Å². The zero-order valence-corrected chi connectivity index (χ0v) is 13.2. The highest BCUT2D eigenvalue weighted by molar-refractivity contribution is 7.80. The SMILES string of the molecule is Cc1cccc(CN(C)c2c(C(N)=S)c(C)nn2C)c1. The molecule has 2 aromatic rings. The van der Waals surface area contributed by atoms with E-state index in [4.69, 9.17) is 18.0 Å². The van der Waals surface area contributed by atoms with Gasteiger partial charge in [0.05, 0.1) is 11.3 Å². The van der Waals surface area contributed by atoms with Crippen molar-refractivity contribution in [2.75, 3.05) is 11.9 Å². The fraction of sp³-hybridized carbons (Fsp3) is 0.333. The van der Waals surface area contributed by atoms with E-state index >= 15 is 0 Å². The molecule has 0 spiro atoms.